The van der Waals surface area contributed by atoms with Crippen LogP contribution in [0.3, 0.4) is 0 Å². The van der Waals surface area contributed by atoms with E-state index < -0.39 is 11.6 Å². The van der Waals surface area contributed by atoms with Crippen LogP contribution in [0, 0.1) is 29.1 Å². The Morgan fingerprint density at radius 3 is 2.26 bits per heavy atom. The van der Waals surface area contributed by atoms with Crippen LogP contribution in [0.5, 0.6) is 5.75 Å². The molecule has 6 aliphatic rings. The maximum absolute atomic E-state index is 6.93. The second-order valence-electron chi connectivity index (χ2n) is 11.4. The Bertz CT molecular complexity index is 821. The zero-order chi connectivity index (χ0) is 20.7. The third-order valence-electron chi connectivity index (χ3n) is 10.1. The molecule has 1 heterocycles. The third-order valence-corrected chi connectivity index (χ3v) is 10.1. The van der Waals surface area contributed by atoms with Crippen molar-refractivity contribution in [3.05, 3.63) is 29.8 Å². The molecule has 1 aromatic carbocycles. The Hall–Kier alpha value is -1.14. The molecule has 5 aliphatic carbocycles. The lowest BCUT2D eigenvalue weighted by Gasteiger charge is -2.49. The van der Waals surface area contributed by atoms with Gasteiger partial charge < -0.3 is 15.2 Å². The second-order valence-corrected chi connectivity index (χ2v) is 11.4. The number of rotatable bonds is 5. The molecule has 5 nitrogen and oxygen atoms in total. The average molecular weight is 426 g/mol. The minimum atomic E-state index is -0.517. The molecular formula is C26H35NO4. The predicted octanol–water partition coefficient (Wildman–Crippen LogP) is 4.90. The maximum Gasteiger partial charge on any atom is 0.210 e. The van der Waals surface area contributed by atoms with Gasteiger partial charge in [0.2, 0.25) is 11.6 Å². The molecule has 1 aromatic rings. The molecule has 7 rings (SSSR count). The van der Waals surface area contributed by atoms with Crippen molar-refractivity contribution < 1.29 is 19.2 Å². The molecule has 3 bridgehead atoms. The van der Waals surface area contributed by atoms with Crippen molar-refractivity contribution in [2.75, 3.05) is 13.2 Å². The van der Waals surface area contributed by atoms with Crippen molar-refractivity contribution in [3.8, 4) is 5.75 Å². The lowest BCUT2D eigenvalue weighted by Crippen LogP contribution is -2.50. The highest BCUT2D eigenvalue weighted by Gasteiger charge is 2.77. The highest BCUT2D eigenvalue weighted by molar-refractivity contribution is 5.30. The van der Waals surface area contributed by atoms with Gasteiger partial charge in [-0.3, -0.25) is 0 Å². The van der Waals surface area contributed by atoms with Crippen LogP contribution in [0.2, 0.25) is 0 Å². The molecule has 6 fully saturated rings. The Labute approximate surface area is 184 Å². The van der Waals surface area contributed by atoms with E-state index in [1.54, 1.807) is 0 Å². The second kappa shape index (κ2) is 6.69. The summed E-state index contributed by atoms with van der Waals surface area (Å²) in [4.78, 5) is 12.4. The van der Waals surface area contributed by atoms with Gasteiger partial charge >= 0.3 is 0 Å². The van der Waals surface area contributed by atoms with Gasteiger partial charge in [-0.05, 0) is 98.8 Å². The van der Waals surface area contributed by atoms with Gasteiger partial charge in [-0.25, -0.2) is 0 Å². The van der Waals surface area contributed by atoms with E-state index in [0.29, 0.717) is 36.3 Å². The summed E-state index contributed by atoms with van der Waals surface area (Å²) in [5.41, 5.74) is 7.60. The molecule has 0 radical (unpaired) electrons. The van der Waals surface area contributed by atoms with E-state index in [9.17, 15) is 0 Å². The van der Waals surface area contributed by atoms with Crippen molar-refractivity contribution in [1.82, 2.24) is 0 Å². The van der Waals surface area contributed by atoms with Crippen LogP contribution in [0.1, 0.15) is 75.7 Å². The normalized spacial score (nSPS) is 49.0. The van der Waals surface area contributed by atoms with Gasteiger partial charge in [0.15, 0.2) is 0 Å². The van der Waals surface area contributed by atoms with Crippen LogP contribution in [-0.2, 0) is 14.5 Å². The van der Waals surface area contributed by atoms with Crippen molar-refractivity contribution in [2.45, 2.75) is 81.7 Å². The molecule has 0 amide bonds. The number of benzene rings is 1. The molecule has 4 atom stereocenters. The summed E-state index contributed by atoms with van der Waals surface area (Å²) in [5.74, 6) is 3.50. The molecular weight excluding hydrogens is 390 g/mol. The van der Waals surface area contributed by atoms with Gasteiger partial charge in [-0.15, -0.1) is 0 Å². The quantitative estimate of drug-likeness (QED) is 0.537. The van der Waals surface area contributed by atoms with E-state index in [0.717, 1.165) is 49.7 Å². The fourth-order valence-electron chi connectivity index (χ4n) is 8.57. The van der Waals surface area contributed by atoms with Crippen molar-refractivity contribution in [3.63, 3.8) is 0 Å². The van der Waals surface area contributed by atoms with Crippen molar-refractivity contribution >= 4 is 0 Å². The molecule has 31 heavy (non-hydrogen) atoms. The van der Waals surface area contributed by atoms with Gasteiger partial charge in [0, 0.05) is 24.7 Å². The first-order valence-electron chi connectivity index (χ1n) is 12.6. The zero-order valence-electron chi connectivity index (χ0n) is 18.4. The Balaban J connectivity index is 1.01. The maximum atomic E-state index is 6.93. The first-order chi connectivity index (χ1) is 15.1. The molecule has 4 unspecified atom stereocenters. The van der Waals surface area contributed by atoms with Crippen LogP contribution >= 0.6 is 0 Å². The highest BCUT2D eigenvalue weighted by Crippen LogP contribution is 2.79. The number of fused-ring (bicyclic) bond motifs is 4. The van der Waals surface area contributed by atoms with E-state index in [1.165, 1.54) is 37.7 Å². The Kier molecular flexibility index (Phi) is 4.17. The van der Waals surface area contributed by atoms with Crippen LogP contribution < -0.4 is 10.5 Å². The van der Waals surface area contributed by atoms with E-state index >= 15 is 0 Å². The SMILES string of the molecule is NCCCOc1ccc(C2CCC3(CC2)OOC2(O3)C3CC4CC5CC2CC45C3)cc1. The minimum Gasteiger partial charge on any atom is -0.494 e. The van der Waals surface area contributed by atoms with Gasteiger partial charge in [0.05, 0.1) is 6.61 Å². The first-order valence-corrected chi connectivity index (χ1v) is 12.6. The molecule has 168 valence electrons. The van der Waals surface area contributed by atoms with Gasteiger partial charge in [0.25, 0.3) is 0 Å². The van der Waals surface area contributed by atoms with Crippen LogP contribution in [-0.4, -0.2) is 24.7 Å². The molecule has 5 saturated carbocycles. The summed E-state index contributed by atoms with van der Waals surface area (Å²) in [7, 11) is 0. The number of nitrogens with two attached hydrogens (primary N) is 1. The fraction of sp³-hybridized carbons (Fsp3) is 0.769. The number of hydrogen-bond acceptors (Lipinski definition) is 5. The van der Waals surface area contributed by atoms with Crippen LogP contribution in [0.15, 0.2) is 24.3 Å². The van der Waals surface area contributed by atoms with Gasteiger partial charge in [-0.2, -0.15) is 9.78 Å². The largest absolute Gasteiger partial charge is 0.494 e. The molecule has 1 aliphatic heterocycles. The highest BCUT2D eigenvalue weighted by atomic mass is 17.3. The number of ether oxygens (including phenoxy) is 2. The fourth-order valence-corrected chi connectivity index (χ4v) is 8.57. The van der Waals surface area contributed by atoms with Crippen LogP contribution in [0.25, 0.3) is 0 Å². The summed E-state index contributed by atoms with van der Waals surface area (Å²) in [6.07, 6.45) is 11.6. The monoisotopic (exact) mass is 425 g/mol. The summed E-state index contributed by atoms with van der Waals surface area (Å²) in [6.45, 7) is 1.35. The van der Waals surface area contributed by atoms with E-state index in [4.69, 9.17) is 25.0 Å². The molecule has 3 spiro atoms. The Morgan fingerprint density at radius 1 is 0.903 bits per heavy atom. The molecule has 2 N–H and O–H groups in total. The summed E-state index contributed by atoms with van der Waals surface area (Å²) in [5, 5.41) is 0. The predicted molar refractivity (Wildman–Crippen MR) is 115 cm³/mol. The minimum absolute atomic E-state index is 0.442. The lowest BCUT2D eigenvalue weighted by atomic mass is 9.56. The molecule has 1 saturated heterocycles. The summed E-state index contributed by atoms with van der Waals surface area (Å²) < 4.78 is 12.7. The summed E-state index contributed by atoms with van der Waals surface area (Å²) in [6, 6.07) is 8.63. The van der Waals surface area contributed by atoms with Crippen LogP contribution in [0.4, 0.5) is 0 Å². The topological polar surface area (TPSA) is 62.9 Å². The average Bonchev–Trinajstić information content (AvgIpc) is 3.37. The molecule has 0 aromatic heterocycles. The molecule has 5 heteroatoms. The van der Waals surface area contributed by atoms with Crippen molar-refractivity contribution in [2.24, 2.45) is 34.8 Å². The van der Waals surface area contributed by atoms with Crippen molar-refractivity contribution in [1.29, 1.82) is 0 Å². The summed E-state index contributed by atoms with van der Waals surface area (Å²) >= 11 is 0. The van der Waals surface area contributed by atoms with Gasteiger partial charge in [0.1, 0.15) is 5.75 Å². The third kappa shape index (κ3) is 2.64. The Morgan fingerprint density at radius 2 is 1.58 bits per heavy atom. The standard InChI is InChI=1S/C26H35NO4/c27-10-1-11-28-23-4-2-17(3-5-23)18-6-8-25(9-7-18)29-26(31-30-25)21-13-19-12-20-14-22(26)16-24(19,20)15-21/h2-5,18-22H,1,6-16,27H2. The first kappa shape index (κ1) is 19.3. The van der Waals surface area contributed by atoms with Gasteiger partial charge in [-0.1, -0.05) is 12.1 Å². The van der Waals surface area contributed by atoms with E-state index in [-0.39, 0.29) is 0 Å². The smallest absolute Gasteiger partial charge is 0.210 e. The number of hydrogen-bond donors (Lipinski definition) is 1. The lowest BCUT2D eigenvalue weighted by molar-refractivity contribution is -0.374. The van der Waals surface area contributed by atoms with E-state index in [1.807, 2.05) is 0 Å². The van der Waals surface area contributed by atoms with E-state index in [2.05, 4.69) is 24.3 Å². The zero-order valence-corrected chi connectivity index (χ0v) is 18.4.